The summed E-state index contributed by atoms with van der Waals surface area (Å²) in [6.07, 6.45) is 4.51. The fourth-order valence-corrected chi connectivity index (χ4v) is 0.374. The molecule has 1 aromatic rings. The summed E-state index contributed by atoms with van der Waals surface area (Å²) in [4.78, 5) is 3.76. The van der Waals surface area contributed by atoms with Crippen LogP contribution in [-0.2, 0) is 39.8 Å². The third-order valence-electron chi connectivity index (χ3n) is 0.986. The van der Waals surface area contributed by atoms with Crippen molar-refractivity contribution in [2.75, 3.05) is 0 Å². The molecule has 0 amide bonds. The second kappa shape index (κ2) is 3.36. The molecule has 0 aliphatic carbocycles. The van der Waals surface area contributed by atoms with Crippen LogP contribution in [0.1, 0.15) is 5.69 Å². The minimum absolute atomic E-state index is 0. The Hall–Kier alpha value is 0.314. The first kappa shape index (κ1) is 8.31. The number of hydrogen-bond acceptors (Lipinski definition) is 1. The van der Waals surface area contributed by atoms with Gasteiger partial charge in [-0.25, -0.2) is 0 Å². The zero-order chi connectivity index (χ0) is 5.28. The summed E-state index contributed by atoms with van der Waals surface area (Å²) in [5, 5.41) is 0. The van der Waals surface area contributed by atoms with Crippen molar-refractivity contribution in [2.45, 2.75) is 6.92 Å². The van der Waals surface area contributed by atoms with Crippen molar-refractivity contribution >= 4 is 0 Å². The zero-order valence-corrected chi connectivity index (χ0v) is 7.89. The predicted octanol–water partition coefficient (Wildman–Crippen LogP) is 0.526. The number of imidazole rings is 1. The third-order valence-corrected chi connectivity index (χ3v) is 0.986. The van der Waals surface area contributed by atoms with Crippen LogP contribution in [-0.4, -0.2) is 9.55 Å². The van der Waals surface area contributed by atoms with Crippen LogP contribution in [0.3, 0.4) is 0 Å². The van der Waals surface area contributed by atoms with E-state index in [1.54, 1.807) is 6.33 Å². The van der Waals surface area contributed by atoms with Crippen molar-refractivity contribution in [3.63, 3.8) is 0 Å². The standard InChI is InChI=1S/C5H7N2.Y/c1-5-3-6-4-7(5)2;/h4H,1-2H3;/q-1;. The van der Waals surface area contributed by atoms with E-state index >= 15 is 0 Å². The van der Waals surface area contributed by atoms with Gasteiger partial charge in [-0.05, 0) is 14.0 Å². The molecule has 1 heterocycles. The molecule has 0 N–H and O–H groups in total. The molecule has 0 spiro atoms. The molecule has 0 saturated carbocycles. The molecular formula is C5H7N2Y-. The van der Waals surface area contributed by atoms with Crippen LogP contribution in [0.25, 0.3) is 0 Å². The molecule has 0 saturated heterocycles. The molecule has 8 heavy (non-hydrogen) atoms. The van der Waals surface area contributed by atoms with Gasteiger partial charge >= 0.3 is 0 Å². The molecule has 1 rings (SSSR count). The molecule has 2 nitrogen and oxygen atoms in total. The molecule has 0 atom stereocenters. The van der Waals surface area contributed by atoms with Gasteiger partial charge < -0.3 is 9.55 Å². The molecule has 0 unspecified atom stereocenters. The maximum Gasteiger partial charge on any atom is 0 e. The molecule has 3 heteroatoms. The van der Waals surface area contributed by atoms with Crippen LogP contribution in [0.2, 0.25) is 0 Å². The molecule has 0 aliphatic rings. The van der Waals surface area contributed by atoms with Crippen LogP contribution >= 0.6 is 0 Å². The van der Waals surface area contributed by atoms with E-state index in [2.05, 4.69) is 11.2 Å². The largest absolute Gasteiger partial charge is 0.442 e. The third kappa shape index (κ3) is 1.68. The monoisotopic (exact) mass is 184 g/mol. The van der Waals surface area contributed by atoms with Gasteiger partial charge in [-0.1, -0.05) is 12.0 Å². The van der Waals surface area contributed by atoms with Gasteiger partial charge in [0.05, 0.1) is 0 Å². The maximum atomic E-state index is 3.76. The Bertz CT molecular complexity index is 143. The minimum Gasteiger partial charge on any atom is -0.442 e. The van der Waals surface area contributed by atoms with Gasteiger partial charge in [0.25, 0.3) is 0 Å². The van der Waals surface area contributed by atoms with Crippen molar-refractivity contribution in [2.24, 2.45) is 7.05 Å². The van der Waals surface area contributed by atoms with Crippen molar-refractivity contribution in [1.82, 2.24) is 9.55 Å². The summed E-state index contributed by atoms with van der Waals surface area (Å²) in [6, 6.07) is 0. The van der Waals surface area contributed by atoms with E-state index in [0.29, 0.717) is 0 Å². The molecule has 0 aromatic carbocycles. The van der Waals surface area contributed by atoms with Crippen LogP contribution in [0.4, 0.5) is 0 Å². The Balaban J connectivity index is 0.000000490. The Labute approximate surface area is 74.2 Å². The number of aromatic nitrogens is 2. The number of rotatable bonds is 0. The number of nitrogens with zero attached hydrogens (tertiary/aromatic N) is 2. The molecule has 0 aliphatic heterocycles. The fraction of sp³-hybridized carbons (Fsp3) is 0.400. The molecule has 0 fully saturated rings. The van der Waals surface area contributed by atoms with Crippen LogP contribution in [0.5, 0.6) is 0 Å². The molecular weight excluding hydrogens is 177 g/mol. The first-order valence-electron chi connectivity index (χ1n) is 2.16. The van der Waals surface area contributed by atoms with Gasteiger partial charge in [0, 0.05) is 32.7 Å². The fourth-order valence-electron chi connectivity index (χ4n) is 0.374. The molecule has 41 valence electrons. The molecule has 1 aromatic heterocycles. The van der Waals surface area contributed by atoms with Crippen molar-refractivity contribution in [1.29, 1.82) is 0 Å². The average molecular weight is 184 g/mol. The number of aryl methyl sites for hydroxylation is 2. The van der Waals surface area contributed by atoms with Gasteiger partial charge in [-0.3, -0.25) is 0 Å². The minimum atomic E-state index is 0. The van der Waals surface area contributed by atoms with Crippen LogP contribution in [0.15, 0.2) is 6.33 Å². The Kier molecular flexibility index (Phi) is 3.49. The summed E-state index contributed by atoms with van der Waals surface area (Å²) in [5.74, 6) is 0. The average Bonchev–Trinajstić information content (AvgIpc) is 1.91. The Morgan fingerprint density at radius 2 is 2.38 bits per heavy atom. The van der Waals surface area contributed by atoms with Gasteiger partial charge in [0.2, 0.25) is 0 Å². The first-order chi connectivity index (χ1) is 3.30. The van der Waals surface area contributed by atoms with E-state index in [4.69, 9.17) is 0 Å². The van der Waals surface area contributed by atoms with E-state index < -0.39 is 0 Å². The van der Waals surface area contributed by atoms with Crippen LogP contribution in [0, 0.1) is 13.1 Å². The van der Waals surface area contributed by atoms with Gasteiger partial charge in [0.1, 0.15) is 0 Å². The molecule has 1 radical (unpaired) electrons. The van der Waals surface area contributed by atoms with Crippen molar-refractivity contribution < 1.29 is 32.7 Å². The van der Waals surface area contributed by atoms with Crippen molar-refractivity contribution in [3.05, 3.63) is 18.2 Å². The quantitative estimate of drug-likeness (QED) is 0.537. The van der Waals surface area contributed by atoms with E-state index in [1.165, 1.54) is 0 Å². The Morgan fingerprint density at radius 3 is 2.50 bits per heavy atom. The summed E-state index contributed by atoms with van der Waals surface area (Å²) in [5.41, 5.74) is 1.07. The first-order valence-corrected chi connectivity index (χ1v) is 2.16. The number of hydrogen-bond donors (Lipinski definition) is 0. The summed E-state index contributed by atoms with van der Waals surface area (Å²) in [6.45, 7) is 1.97. The predicted molar refractivity (Wildman–Crippen MR) is 26.8 cm³/mol. The second-order valence-electron chi connectivity index (χ2n) is 1.55. The SMILES string of the molecule is Cc1[c-]ncn1C.[Y]. The van der Waals surface area contributed by atoms with Gasteiger partial charge in [0.15, 0.2) is 0 Å². The maximum absolute atomic E-state index is 3.76. The summed E-state index contributed by atoms with van der Waals surface area (Å²) < 4.78 is 1.92. The van der Waals surface area contributed by atoms with Gasteiger partial charge in [-0.15, -0.1) is 6.20 Å². The van der Waals surface area contributed by atoms with E-state index in [9.17, 15) is 0 Å². The summed E-state index contributed by atoms with van der Waals surface area (Å²) >= 11 is 0. The zero-order valence-electron chi connectivity index (χ0n) is 5.05. The van der Waals surface area contributed by atoms with Gasteiger partial charge in [-0.2, -0.15) is 0 Å². The smallest absolute Gasteiger partial charge is 0 e. The topological polar surface area (TPSA) is 17.8 Å². The summed E-state index contributed by atoms with van der Waals surface area (Å²) in [7, 11) is 1.94. The normalized spacial score (nSPS) is 8.25. The van der Waals surface area contributed by atoms with Crippen LogP contribution < -0.4 is 0 Å². The molecule has 0 bridgehead atoms. The Morgan fingerprint density at radius 1 is 1.75 bits per heavy atom. The van der Waals surface area contributed by atoms with E-state index in [-0.39, 0.29) is 32.7 Å². The second-order valence-corrected chi connectivity index (χ2v) is 1.55. The van der Waals surface area contributed by atoms with E-state index in [1.807, 2.05) is 18.5 Å². The van der Waals surface area contributed by atoms with E-state index in [0.717, 1.165) is 5.69 Å². The van der Waals surface area contributed by atoms with Crippen molar-refractivity contribution in [3.8, 4) is 0 Å².